The van der Waals surface area contributed by atoms with E-state index in [1.807, 2.05) is 61.5 Å². The number of amides is 2. The second kappa shape index (κ2) is 9.87. The molecular formula is C23H27N3O3. The zero-order valence-electron chi connectivity index (χ0n) is 17.0. The summed E-state index contributed by atoms with van der Waals surface area (Å²) in [6.07, 6.45) is 1.07. The Balaban J connectivity index is 1.41. The highest BCUT2D eigenvalue weighted by molar-refractivity contribution is 6.02. The summed E-state index contributed by atoms with van der Waals surface area (Å²) >= 11 is 0. The number of para-hydroxylation sites is 1. The highest BCUT2D eigenvalue weighted by Crippen LogP contribution is 2.16. The van der Waals surface area contributed by atoms with Gasteiger partial charge in [0.2, 0.25) is 11.8 Å². The molecule has 2 aromatic rings. The SMILES string of the molecule is Cc1ccccc1OCCN(C)C(=O)CCC(=O)N1CCC(c2ccccc2)=N1. The standard InChI is InChI=1S/C23H27N3O3/c1-18-8-6-7-11-21(18)29-17-16-25(2)22(27)12-13-23(28)26-15-14-20(24-26)19-9-4-3-5-10-19/h3-11H,12-17H2,1-2H3. The van der Waals surface area contributed by atoms with E-state index in [4.69, 9.17) is 4.74 Å². The maximum atomic E-state index is 12.4. The summed E-state index contributed by atoms with van der Waals surface area (Å²) in [4.78, 5) is 26.3. The third-order valence-corrected chi connectivity index (χ3v) is 4.95. The average molecular weight is 393 g/mol. The van der Waals surface area contributed by atoms with Gasteiger partial charge < -0.3 is 9.64 Å². The topological polar surface area (TPSA) is 62.2 Å². The summed E-state index contributed by atoms with van der Waals surface area (Å²) in [6.45, 7) is 3.44. The zero-order valence-corrected chi connectivity index (χ0v) is 17.0. The molecule has 29 heavy (non-hydrogen) atoms. The van der Waals surface area contributed by atoms with E-state index in [-0.39, 0.29) is 24.7 Å². The van der Waals surface area contributed by atoms with Crippen molar-refractivity contribution >= 4 is 17.5 Å². The van der Waals surface area contributed by atoms with Crippen LogP contribution in [0.2, 0.25) is 0 Å². The van der Waals surface area contributed by atoms with Crippen LogP contribution >= 0.6 is 0 Å². The highest BCUT2D eigenvalue weighted by atomic mass is 16.5. The molecule has 2 amide bonds. The predicted octanol–water partition coefficient (Wildman–Crippen LogP) is 3.25. The smallest absolute Gasteiger partial charge is 0.243 e. The first kappa shape index (κ1) is 20.6. The second-order valence-electron chi connectivity index (χ2n) is 7.11. The molecule has 1 heterocycles. The van der Waals surface area contributed by atoms with Gasteiger partial charge >= 0.3 is 0 Å². The molecule has 0 aliphatic carbocycles. The Morgan fingerprint density at radius 1 is 1.07 bits per heavy atom. The Bertz CT molecular complexity index is 880. The lowest BCUT2D eigenvalue weighted by Gasteiger charge is -2.18. The number of benzene rings is 2. The molecule has 1 aliphatic heterocycles. The van der Waals surface area contributed by atoms with Gasteiger partial charge in [-0.2, -0.15) is 5.10 Å². The number of hydrazone groups is 1. The lowest BCUT2D eigenvalue weighted by atomic mass is 10.1. The second-order valence-corrected chi connectivity index (χ2v) is 7.11. The van der Waals surface area contributed by atoms with Crippen molar-refractivity contribution < 1.29 is 14.3 Å². The number of rotatable bonds is 8. The van der Waals surface area contributed by atoms with Gasteiger partial charge in [-0.1, -0.05) is 48.5 Å². The maximum Gasteiger partial charge on any atom is 0.243 e. The molecule has 0 atom stereocenters. The van der Waals surface area contributed by atoms with E-state index in [9.17, 15) is 9.59 Å². The number of hydrogen-bond donors (Lipinski definition) is 0. The first-order valence-electron chi connectivity index (χ1n) is 9.90. The molecule has 1 aliphatic rings. The molecule has 0 saturated carbocycles. The predicted molar refractivity (Wildman–Crippen MR) is 113 cm³/mol. The van der Waals surface area contributed by atoms with Crippen molar-refractivity contribution in [3.8, 4) is 5.75 Å². The Kier molecular flexibility index (Phi) is 7.00. The van der Waals surface area contributed by atoms with Crippen molar-refractivity contribution in [3.63, 3.8) is 0 Å². The lowest BCUT2D eigenvalue weighted by Crippen LogP contribution is -2.32. The summed E-state index contributed by atoms with van der Waals surface area (Å²) in [5, 5.41) is 5.91. The van der Waals surface area contributed by atoms with Crippen LogP contribution in [-0.2, 0) is 9.59 Å². The minimum absolute atomic E-state index is 0.0711. The fourth-order valence-electron chi connectivity index (χ4n) is 3.14. The molecule has 0 bridgehead atoms. The molecule has 2 aromatic carbocycles. The third-order valence-electron chi connectivity index (χ3n) is 4.95. The molecule has 6 heteroatoms. The summed E-state index contributed by atoms with van der Waals surface area (Å²) in [5.41, 5.74) is 3.01. The zero-order chi connectivity index (χ0) is 20.6. The summed E-state index contributed by atoms with van der Waals surface area (Å²) < 4.78 is 5.73. The molecule has 0 unspecified atom stereocenters. The van der Waals surface area contributed by atoms with Gasteiger partial charge in [0.25, 0.3) is 0 Å². The number of ether oxygens (including phenoxy) is 1. The molecule has 152 valence electrons. The van der Waals surface area contributed by atoms with E-state index in [1.54, 1.807) is 11.9 Å². The van der Waals surface area contributed by atoms with E-state index in [2.05, 4.69) is 5.10 Å². The molecule has 0 aromatic heterocycles. The van der Waals surface area contributed by atoms with Gasteiger partial charge in [0.15, 0.2) is 0 Å². The molecule has 0 fully saturated rings. The van der Waals surface area contributed by atoms with Gasteiger partial charge in [-0.15, -0.1) is 0 Å². The van der Waals surface area contributed by atoms with Crippen LogP contribution in [0.25, 0.3) is 0 Å². The molecule has 6 nitrogen and oxygen atoms in total. The van der Waals surface area contributed by atoms with Crippen LogP contribution in [0, 0.1) is 6.92 Å². The van der Waals surface area contributed by atoms with Crippen LogP contribution in [0.4, 0.5) is 0 Å². The molecule has 3 rings (SSSR count). The lowest BCUT2D eigenvalue weighted by molar-refractivity contribution is -0.136. The first-order valence-corrected chi connectivity index (χ1v) is 9.90. The van der Waals surface area contributed by atoms with Crippen LogP contribution < -0.4 is 4.74 Å². The Morgan fingerprint density at radius 2 is 1.79 bits per heavy atom. The van der Waals surface area contributed by atoms with Crippen molar-refractivity contribution in [2.24, 2.45) is 5.10 Å². The van der Waals surface area contributed by atoms with Gasteiger partial charge in [-0.25, -0.2) is 5.01 Å². The van der Waals surface area contributed by atoms with Gasteiger partial charge in [0, 0.05) is 26.3 Å². The van der Waals surface area contributed by atoms with Crippen molar-refractivity contribution in [2.45, 2.75) is 26.2 Å². The van der Waals surface area contributed by atoms with E-state index < -0.39 is 0 Å². The van der Waals surface area contributed by atoms with Crippen molar-refractivity contribution in [3.05, 3.63) is 65.7 Å². The minimum Gasteiger partial charge on any atom is -0.491 e. The van der Waals surface area contributed by atoms with Crippen LogP contribution in [0.15, 0.2) is 59.7 Å². The monoisotopic (exact) mass is 393 g/mol. The fourth-order valence-corrected chi connectivity index (χ4v) is 3.14. The summed E-state index contributed by atoms with van der Waals surface area (Å²) in [5.74, 6) is 0.636. The molecule has 0 N–H and O–H groups in total. The minimum atomic E-state index is -0.117. The van der Waals surface area contributed by atoms with Crippen molar-refractivity contribution in [2.75, 3.05) is 26.7 Å². The number of aryl methyl sites for hydroxylation is 1. The molecule has 0 spiro atoms. The summed E-state index contributed by atoms with van der Waals surface area (Å²) in [7, 11) is 1.73. The van der Waals surface area contributed by atoms with Crippen molar-refractivity contribution in [1.29, 1.82) is 0 Å². The Hall–Kier alpha value is -3.15. The van der Waals surface area contributed by atoms with Gasteiger partial charge in [0.1, 0.15) is 12.4 Å². The van der Waals surface area contributed by atoms with Crippen LogP contribution in [0.5, 0.6) is 5.75 Å². The number of likely N-dealkylation sites (N-methyl/N-ethyl adjacent to an activating group) is 1. The number of nitrogens with zero attached hydrogens (tertiary/aromatic N) is 3. The summed E-state index contributed by atoms with van der Waals surface area (Å²) in [6, 6.07) is 17.6. The molecular weight excluding hydrogens is 366 g/mol. The Morgan fingerprint density at radius 3 is 2.55 bits per heavy atom. The normalized spacial score (nSPS) is 13.2. The quantitative estimate of drug-likeness (QED) is 0.692. The van der Waals surface area contributed by atoms with E-state index in [0.717, 1.165) is 29.0 Å². The van der Waals surface area contributed by atoms with Gasteiger partial charge in [-0.3, -0.25) is 9.59 Å². The van der Waals surface area contributed by atoms with Crippen molar-refractivity contribution in [1.82, 2.24) is 9.91 Å². The fraction of sp³-hybridized carbons (Fsp3) is 0.348. The third kappa shape index (κ3) is 5.67. The largest absolute Gasteiger partial charge is 0.491 e. The maximum absolute atomic E-state index is 12.4. The van der Waals surface area contributed by atoms with Crippen LogP contribution in [0.3, 0.4) is 0 Å². The molecule has 0 radical (unpaired) electrons. The number of carbonyl (C=O) groups excluding carboxylic acids is 2. The average Bonchev–Trinajstić information content (AvgIpc) is 3.24. The van der Waals surface area contributed by atoms with E-state index in [0.29, 0.717) is 19.7 Å². The number of hydrogen-bond acceptors (Lipinski definition) is 4. The van der Waals surface area contributed by atoms with Gasteiger partial charge in [0.05, 0.1) is 18.8 Å². The Labute approximate surface area is 171 Å². The molecule has 0 saturated heterocycles. The number of carbonyl (C=O) groups is 2. The first-order chi connectivity index (χ1) is 14.0. The van der Waals surface area contributed by atoms with Crippen LogP contribution in [-0.4, -0.2) is 54.2 Å². The van der Waals surface area contributed by atoms with E-state index in [1.165, 1.54) is 5.01 Å². The van der Waals surface area contributed by atoms with Crippen LogP contribution in [0.1, 0.15) is 30.4 Å². The van der Waals surface area contributed by atoms with Gasteiger partial charge in [-0.05, 0) is 24.1 Å². The van der Waals surface area contributed by atoms with E-state index >= 15 is 0 Å². The highest BCUT2D eigenvalue weighted by Gasteiger charge is 2.22.